The third-order valence-corrected chi connectivity index (χ3v) is 4.30. The molecule has 1 unspecified atom stereocenters. The Bertz CT molecular complexity index is 618. The van der Waals surface area contributed by atoms with E-state index in [1.54, 1.807) is 0 Å². The minimum Gasteiger partial charge on any atom is -0.480 e. The Morgan fingerprint density at radius 1 is 1.07 bits per heavy atom. The van der Waals surface area contributed by atoms with Crippen LogP contribution >= 0.6 is 0 Å². The molecule has 7 nitrogen and oxygen atoms in total. The molecule has 0 aliphatic rings. The molecule has 150 valence electrons. The zero-order valence-electron chi connectivity index (χ0n) is 16.4. The average Bonchev–Trinajstić information content (AvgIpc) is 2.63. The molecule has 7 heteroatoms. The summed E-state index contributed by atoms with van der Waals surface area (Å²) in [6, 6.07) is 7.34. The van der Waals surface area contributed by atoms with E-state index in [9.17, 15) is 19.5 Å². The van der Waals surface area contributed by atoms with Crippen LogP contribution in [-0.4, -0.2) is 35.2 Å². The Morgan fingerprint density at radius 2 is 1.70 bits per heavy atom. The normalized spacial score (nSPS) is 14.1. The van der Waals surface area contributed by atoms with Gasteiger partial charge < -0.3 is 20.5 Å². The van der Waals surface area contributed by atoms with Gasteiger partial charge in [-0.1, -0.05) is 64.4 Å². The molecule has 0 aliphatic carbocycles. The van der Waals surface area contributed by atoms with Gasteiger partial charge in [-0.25, -0.2) is 9.59 Å². The highest BCUT2D eigenvalue weighted by Gasteiger charge is 2.30. The molecular weight excluding hydrogens is 348 g/mol. The van der Waals surface area contributed by atoms with Crippen molar-refractivity contribution < 1.29 is 24.2 Å². The number of aliphatic carboxylic acids is 1. The van der Waals surface area contributed by atoms with Crippen molar-refractivity contribution in [2.45, 2.75) is 59.2 Å². The number of rotatable bonds is 10. The Labute approximate surface area is 160 Å². The van der Waals surface area contributed by atoms with Gasteiger partial charge in [0.05, 0.1) is 0 Å². The van der Waals surface area contributed by atoms with Gasteiger partial charge in [-0.2, -0.15) is 0 Å². The van der Waals surface area contributed by atoms with E-state index in [2.05, 4.69) is 10.6 Å². The first-order chi connectivity index (χ1) is 12.7. The van der Waals surface area contributed by atoms with Crippen LogP contribution in [0.2, 0.25) is 0 Å². The molecule has 1 aromatic rings. The number of benzene rings is 1. The Hall–Kier alpha value is -2.57. The summed E-state index contributed by atoms with van der Waals surface area (Å²) in [5.41, 5.74) is 0.833. The molecule has 0 aromatic heterocycles. The van der Waals surface area contributed by atoms with Crippen molar-refractivity contribution in [3.05, 3.63) is 35.9 Å². The fourth-order valence-corrected chi connectivity index (χ4v) is 2.55. The van der Waals surface area contributed by atoms with Gasteiger partial charge in [-0.05, 0) is 23.8 Å². The molecule has 1 rings (SSSR count). The number of carbonyl (C=O) groups excluding carboxylic acids is 2. The quantitative estimate of drug-likeness (QED) is 0.581. The van der Waals surface area contributed by atoms with Crippen LogP contribution in [0.25, 0.3) is 0 Å². The van der Waals surface area contributed by atoms with Crippen molar-refractivity contribution in [3.63, 3.8) is 0 Å². The van der Waals surface area contributed by atoms with Crippen LogP contribution in [0.1, 0.15) is 46.1 Å². The van der Waals surface area contributed by atoms with Gasteiger partial charge in [0.15, 0.2) is 0 Å². The number of hydrogen-bond acceptors (Lipinski definition) is 4. The Kier molecular flexibility index (Phi) is 9.33. The van der Waals surface area contributed by atoms with Gasteiger partial charge in [-0.3, -0.25) is 4.79 Å². The number of carboxylic acid groups (broad SMARTS) is 1. The van der Waals surface area contributed by atoms with Gasteiger partial charge >= 0.3 is 12.1 Å². The molecule has 3 N–H and O–H groups in total. The standard InChI is InChI=1S/C20H30N2O5/c1-5-14(4)17(18(23)21-16(19(24)25)11-13(2)3)22-20(26)27-12-15-9-7-6-8-10-15/h6-10,13-14,16-17H,5,11-12H2,1-4H3,(H,21,23)(H,22,26)(H,24,25)/t14?,16-,17-/m0/s1. The van der Waals surface area contributed by atoms with Gasteiger partial charge in [0.2, 0.25) is 5.91 Å². The topological polar surface area (TPSA) is 105 Å². The number of ether oxygens (including phenoxy) is 1. The lowest BCUT2D eigenvalue weighted by atomic mass is 9.97. The van der Waals surface area contributed by atoms with Crippen LogP contribution in [0, 0.1) is 11.8 Å². The summed E-state index contributed by atoms with van der Waals surface area (Å²) in [7, 11) is 0. The predicted molar refractivity (Wildman–Crippen MR) is 102 cm³/mol. The molecule has 1 aromatic carbocycles. The molecule has 3 atom stereocenters. The van der Waals surface area contributed by atoms with E-state index in [1.807, 2.05) is 58.0 Å². The van der Waals surface area contributed by atoms with Crippen molar-refractivity contribution >= 4 is 18.0 Å². The first-order valence-electron chi connectivity index (χ1n) is 9.24. The number of alkyl carbamates (subject to hydrolysis) is 1. The third kappa shape index (κ3) is 8.11. The summed E-state index contributed by atoms with van der Waals surface area (Å²) < 4.78 is 5.17. The number of nitrogens with one attached hydrogen (secondary N) is 2. The fourth-order valence-electron chi connectivity index (χ4n) is 2.55. The first-order valence-corrected chi connectivity index (χ1v) is 9.24. The molecule has 0 heterocycles. The van der Waals surface area contributed by atoms with Gasteiger partial charge in [0, 0.05) is 0 Å². The minimum atomic E-state index is -1.09. The maximum Gasteiger partial charge on any atom is 0.408 e. The van der Waals surface area contributed by atoms with Crippen LogP contribution in [-0.2, 0) is 20.9 Å². The molecule has 0 saturated carbocycles. The van der Waals surface area contributed by atoms with Crippen LogP contribution in [0.3, 0.4) is 0 Å². The highest BCUT2D eigenvalue weighted by Crippen LogP contribution is 2.11. The number of hydrogen-bond donors (Lipinski definition) is 3. The lowest BCUT2D eigenvalue weighted by Crippen LogP contribution is -2.54. The van der Waals surface area contributed by atoms with E-state index in [0.717, 1.165) is 5.56 Å². The SMILES string of the molecule is CCC(C)[C@H](NC(=O)OCc1ccccc1)C(=O)N[C@@H](CC(C)C)C(=O)O. The van der Waals surface area contributed by atoms with E-state index >= 15 is 0 Å². The van der Waals surface area contributed by atoms with Gasteiger partial charge in [0.1, 0.15) is 18.7 Å². The summed E-state index contributed by atoms with van der Waals surface area (Å²) in [5.74, 6) is -1.68. The smallest absolute Gasteiger partial charge is 0.408 e. The highest BCUT2D eigenvalue weighted by atomic mass is 16.5. The predicted octanol–water partition coefficient (Wildman–Crippen LogP) is 2.94. The number of amides is 2. The zero-order valence-corrected chi connectivity index (χ0v) is 16.4. The van der Waals surface area contributed by atoms with Crippen molar-refractivity contribution in [1.82, 2.24) is 10.6 Å². The van der Waals surface area contributed by atoms with Crippen LogP contribution in [0.4, 0.5) is 4.79 Å². The fraction of sp³-hybridized carbons (Fsp3) is 0.550. The van der Waals surface area contributed by atoms with Crippen LogP contribution < -0.4 is 10.6 Å². The van der Waals surface area contributed by atoms with E-state index in [0.29, 0.717) is 12.8 Å². The number of carbonyl (C=O) groups is 3. The molecule has 27 heavy (non-hydrogen) atoms. The molecule has 0 spiro atoms. The van der Waals surface area contributed by atoms with Crippen molar-refractivity contribution in [2.24, 2.45) is 11.8 Å². The molecule has 0 fully saturated rings. The second-order valence-electron chi connectivity index (χ2n) is 7.10. The maximum atomic E-state index is 12.6. The summed E-state index contributed by atoms with van der Waals surface area (Å²) >= 11 is 0. The first kappa shape index (κ1) is 22.5. The monoisotopic (exact) mass is 378 g/mol. The van der Waals surface area contributed by atoms with E-state index in [1.165, 1.54) is 0 Å². The van der Waals surface area contributed by atoms with Crippen molar-refractivity contribution in [2.75, 3.05) is 0 Å². The van der Waals surface area contributed by atoms with Gasteiger partial charge in [0.25, 0.3) is 0 Å². The van der Waals surface area contributed by atoms with E-state index in [-0.39, 0.29) is 18.4 Å². The van der Waals surface area contributed by atoms with Crippen molar-refractivity contribution in [3.8, 4) is 0 Å². The van der Waals surface area contributed by atoms with Crippen LogP contribution in [0.15, 0.2) is 30.3 Å². The van der Waals surface area contributed by atoms with Crippen molar-refractivity contribution in [1.29, 1.82) is 0 Å². The Balaban J connectivity index is 2.71. The number of carboxylic acids is 1. The summed E-state index contributed by atoms with van der Waals surface area (Å²) in [4.78, 5) is 36.1. The van der Waals surface area contributed by atoms with Gasteiger partial charge in [-0.15, -0.1) is 0 Å². The second-order valence-corrected chi connectivity index (χ2v) is 7.10. The molecular formula is C20H30N2O5. The lowest BCUT2D eigenvalue weighted by Gasteiger charge is -2.25. The highest BCUT2D eigenvalue weighted by molar-refractivity contribution is 5.89. The molecule has 0 radical (unpaired) electrons. The minimum absolute atomic E-state index is 0.0899. The van der Waals surface area contributed by atoms with Crippen LogP contribution in [0.5, 0.6) is 0 Å². The summed E-state index contributed by atoms with van der Waals surface area (Å²) in [5, 5.41) is 14.4. The third-order valence-electron chi connectivity index (χ3n) is 4.30. The Morgan fingerprint density at radius 3 is 2.22 bits per heavy atom. The average molecular weight is 378 g/mol. The summed E-state index contributed by atoms with van der Waals surface area (Å²) in [6.07, 6.45) is 0.237. The lowest BCUT2D eigenvalue weighted by molar-refractivity contribution is -0.142. The molecule has 2 amide bonds. The van der Waals surface area contributed by atoms with E-state index in [4.69, 9.17) is 4.74 Å². The molecule has 0 saturated heterocycles. The zero-order chi connectivity index (χ0) is 20.4. The largest absolute Gasteiger partial charge is 0.480 e. The van der Waals surface area contributed by atoms with E-state index < -0.39 is 30.1 Å². The summed E-state index contributed by atoms with van der Waals surface area (Å²) in [6.45, 7) is 7.57. The second kappa shape index (κ2) is 11.2. The molecule has 0 bridgehead atoms. The maximum absolute atomic E-state index is 12.6. The molecule has 0 aliphatic heterocycles.